The maximum atomic E-state index is 13.6. The Labute approximate surface area is 138 Å². The largest absolute Gasteiger partial charge is 0.328 e. The summed E-state index contributed by atoms with van der Waals surface area (Å²) >= 11 is 0. The van der Waals surface area contributed by atoms with Crippen molar-refractivity contribution in [3.8, 4) is 0 Å². The Morgan fingerprint density at radius 2 is 1.67 bits per heavy atom. The Hall–Kier alpha value is -3.28. The van der Waals surface area contributed by atoms with Crippen LogP contribution in [0.1, 0.15) is 10.5 Å². The van der Waals surface area contributed by atoms with Gasteiger partial charge in [0, 0.05) is 12.7 Å². The molecule has 0 atom stereocenters. The van der Waals surface area contributed by atoms with E-state index in [9.17, 15) is 9.18 Å². The molecule has 0 aliphatic carbocycles. The van der Waals surface area contributed by atoms with Crippen LogP contribution in [0.2, 0.25) is 0 Å². The zero-order valence-electron chi connectivity index (χ0n) is 13.0. The molecule has 0 bridgehead atoms. The quantitative estimate of drug-likeness (QED) is 0.797. The molecule has 1 amide bonds. The summed E-state index contributed by atoms with van der Waals surface area (Å²) in [6.45, 7) is 0. The minimum absolute atomic E-state index is 0.106. The number of hydrogen-bond donors (Lipinski definition) is 1. The predicted octanol–water partition coefficient (Wildman–Crippen LogP) is 3.64. The van der Waals surface area contributed by atoms with Crippen LogP contribution in [0.3, 0.4) is 0 Å². The molecule has 5 nitrogen and oxygen atoms in total. The molecule has 0 aliphatic rings. The molecule has 0 unspecified atom stereocenters. The minimum atomic E-state index is -0.512. The lowest BCUT2D eigenvalue weighted by atomic mass is 10.2. The minimum Gasteiger partial charge on any atom is -0.328 e. The summed E-state index contributed by atoms with van der Waals surface area (Å²) in [5, 5.41) is 10.5. The van der Waals surface area contributed by atoms with Crippen LogP contribution in [0.5, 0.6) is 0 Å². The Bertz CT molecular complexity index is 837. The first kappa shape index (κ1) is 15.6. The van der Waals surface area contributed by atoms with Crippen LogP contribution in [0.4, 0.5) is 21.6 Å². The van der Waals surface area contributed by atoms with Gasteiger partial charge in [0.1, 0.15) is 5.82 Å². The Kier molecular flexibility index (Phi) is 4.47. The Balaban J connectivity index is 1.75. The average molecular weight is 322 g/mol. The van der Waals surface area contributed by atoms with Crippen molar-refractivity contribution in [3.63, 3.8) is 0 Å². The normalized spacial score (nSPS) is 10.2. The van der Waals surface area contributed by atoms with E-state index in [1.807, 2.05) is 42.3 Å². The van der Waals surface area contributed by atoms with Gasteiger partial charge in [-0.25, -0.2) is 4.39 Å². The summed E-state index contributed by atoms with van der Waals surface area (Å²) in [5.41, 5.74) is 1.17. The summed E-state index contributed by atoms with van der Waals surface area (Å²) < 4.78 is 13.6. The molecule has 6 heteroatoms. The zero-order valence-corrected chi connectivity index (χ0v) is 13.0. The second-order valence-corrected chi connectivity index (χ2v) is 5.11. The molecule has 0 aliphatic heterocycles. The molecule has 0 radical (unpaired) electrons. The number of anilines is 3. The molecule has 0 fully saturated rings. The highest BCUT2D eigenvalue weighted by atomic mass is 19.1. The molecule has 24 heavy (non-hydrogen) atoms. The highest BCUT2D eigenvalue weighted by Crippen LogP contribution is 2.20. The van der Waals surface area contributed by atoms with Crippen LogP contribution in [-0.4, -0.2) is 23.2 Å². The van der Waals surface area contributed by atoms with E-state index in [4.69, 9.17) is 0 Å². The maximum Gasteiger partial charge on any atom is 0.276 e. The van der Waals surface area contributed by atoms with Gasteiger partial charge in [-0.3, -0.25) is 4.79 Å². The first-order valence-corrected chi connectivity index (χ1v) is 7.33. The fourth-order valence-electron chi connectivity index (χ4n) is 2.16. The smallest absolute Gasteiger partial charge is 0.276 e. The van der Waals surface area contributed by atoms with E-state index in [0.29, 0.717) is 5.82 Å². The van der Waals surface area contributed by atoms with E-state index >= 15 is 0 Å². The summed E-state index contributed by atoms with van der Waals surface area (Å²) in [6.07, 6.45) is 0. The average Bonchev–Trinajstić information content (AvgIpc) is 2.64. The van der Waals surface area contributed by atoms with Gasteiger partial charge in [0.05, 0.1) is 5.69 Å². The molecular weight excluding hydrogens is 307 g/mol. The van der Waals surface area contributed by atoms with Crippen molar-refractivity contribution in [2.45, 2.75) is 0 Å². The molecule has 0 spiro atoms. The predicted molar refractivity (Wildman–Crippen MR) is 90.9 cm³/mol. The maximum absolute atomic E-state index is 13.6. The van der Waals surface area contributed by atoms with Gasteiger partial charge in [-0.1, -0.05) is 30.3 Å². The number of aromatic nitrogens is 2. The second kappa shape index (κ2) is 6.87. The molecule has 0 saturated carbocycles. The van der Waals surface area contributed by atoms with Crippen LogP contribution < -0.4 is 10.2 Å². The number of rotatable bonds is 4. The Morgan fingerprint density at radius 3 is 2.33 bits per heavy atom. The lowest BCUT2D eigenvalue weighted by Crippen LogP contribution is -2.17. The molecule has 3 rings (SSSR count). The number of amides is 1. The number of benzene rings is 2. The molecule has 1 N–H and O–H groups in total. The van der Waals surface area contributed by atoms with Crippen molar-refractivity contribution < 1.29 is 9.18 Å². The van der Waals surface area contributed by atoms with Gasteiger partial charge in [-0.15, -0.1) is 10.2 Å². The molecule has 1 aromatic heterocycles. The number of nitrogens with one attached hydrogen (secondary N) is 1. The van der Waals surface area contributed by atoms with E-state index in [1.165, 1.54) is 12.1 Å². The third-order valence-corrected chi connectivity index (χ3v) is 3.49. The molecule has 120 valence electrons. The van der Waals surface area contributed by atoms with E-state index in [0.717, 1.165) is 5.69 Å². The van der Waals surface area contributed by atoms with Crippen LogP contribution >= 0.6 is 0 Å². The topological polar surface area (TPSA) is 58.1 Å². The van der Waals surface area contributed by atoms with Crippen molar-refractivity contribution in [1.82, 2.24) is 10.2 Å². The van der Waals surface area contributed by atoms with Crippen LogP contribution in [-0.2, 0) is 0 Å². The summed E-state index contributed by atoms with van der Waals surface area (Å²) in [7, 11) is 1.86. The van der Waals surface area contributed by atoms with Crippen LogP contribution in [0.15, 0.2) is 66.7 Å². The molecule has 2 aromatic carbocycles. The van der Waals surface area contributed by atoms with Crippen molar-refractivity contribution in [2.24, 2.45) is 0 Å². The van der Waals surface area contributed by atoms with Gasteiger partial charge in [-0.05, 0) is 36.4 Å². The number of hydrogen-bond acceptors (Lipinski definition) is 4. The zero-order chi connectivity index (χ0) is 16.9. The highest BCUT2D eigenvalue weighted by Gasteiger charge is 2.12. The standard InChI is InChI=1S/C18H15FN4O/c1-23(13-7-3-2-4-8-13)17-12-11-16(21-22-17)18(24)20-15-10-6-5-9-14(15)19/h2-12H,1H3,(H,20,24). The van der Waals surface area contributed by atoms with Gasteiger partial charge in [0.15, 0.2) is 11.5 Å². The van der Waals surface area contributed by atoms with E-state index in [1.54, 1.807) is 24.3 Å². The molecule has 0 saturated heterocycles. The van der Waals surface area contributed by atoms with Gasteiger partial charge in [-0.2, -0.15) is 0 Å². The number of carbonyl (C=O) groups is 1. The monoisotopic (exact) mass is 322 g/mol. The molecule has 1 heterocycles. The van der Waals surface area contributed by atoms with Gasteiger partial charge in [0.2, 0.25) is 0 Å². The fraction of sp³-hybridized carbons (Fsp3) is 0.0556. The van der Waals surface area contributed by atoms with E-state index < -0.39 is 11.7 Å². The van der Waals surface area contributed by atoms with Crippen molar-refractivity contribution >= 4 is 23.1 Å². The lowest BCUT2D eigenvalue weighted by Gasteiger charge is -2.17. The van der Waals surface area contributed by atoms with Crippen molar-refractivity contribution in [1.29, 1.82) is 0 Å². The van der Waals surface area contributed by atoms with Crippen LogP contribution in [0, 0.1) is 5.82 Å². The molecule has 3 aromatic rings. The SMILES string of the molecule is CN(c1ccccc1)c1ccc(C(=O)Nc2ccccc2F)nn1. The summed E-state index contributed by atoms with van der Waals surface area (Å²) in [6, 6.07) is 18.9. The molecular formula is C18H15FN4O. The lowest BCUT2D eigenvalue weighted by molar-refractivity contribution is 0.102. The first-order chi connectivity index (χ1) is 11.6. The third kappa shape index (κ3) is 3.38. The van der Waals surface area contributed by atoms with E-state index in [-0.39, 0.29) is 11.4 Å². The van der Waals surface area contributed by atoms with Gasteiger partial charge in [0.25, 0.3) is 5.91 Å². The fourth-order valence-corrected chi connectivity index (χ4v) is 2.16. The van der Waals surface area contributed by atoms with E-state index in [2.05, 4.69) is 15.5 Å². The number of nitrogens with zero attached hydrogens (tertiary/aromatic N) is 3. The highest BCUT2D eigenvalue weighted by molar-refractivity contribution is 6.02. The van der Waals surface area contributed by atoms with Gasteiger partial charge < -0.3 is 10.2 Å². The van der Waals surface area contributed by atoms with Crippen molar-refractivity contribution in [2.75, 3.05) is 17.3 Å². The third-order valence-electron chi connectivity index (χ3n) is 3.49. The van der Waals surface area contributed by atoms with Crippen LogP contribution in [0.25, 0.3) is 0 Å². The number of para-hydroxylation sites is 2. The second-order valence-electron chi connectivity index (χ2n) is 5.11. The number of carbonyl (C=O) groups excluding carboxylic acids is 1. The van der Waals surface area contributed by atoms with Gasteiger partial charge >= 0.3 is 0 Å². The number of halogens is 1. The summed E-state index contributed by atoms with van der Waals surface area (Å²) in [4.78, 5) is 14.0. The first-order valence-electron chi connectivity index (χ1n) is 7.33. The summed E-state index contributed by atoms with van der Waals surface area (Å²) in [5.74, 6) is -0.413. The van der Waals surface area contributed by atoms with Crippen molar-refractivity contribution in [3.05, 3.63) is 78.2 Å². The Morgan fingerprint density at radius 1 is 0.958 bits per heavy atom.